The largest absolute Gasteiger partial charge is 0.481 e. The number of nitrogens with one attached hydrogen (secondary N) is 1. The lowest BCUT2D eigenvalue weighted by atomic mass is 10.0. The van der Waals surface area contributed by atoms with Gasteiger partial charge in [-0.05, 0) is 50.9 Å². The molecule has 0 spiro atoms. The highest BCUT2D eigenvalue weighted by Crippen LogP contribution is 2.10. The van der Waals surface area contributed by atoms with Gasteiger partial charge in [0.25, 0.3) is 0 Å². The third kappa shape index (κ3) is 4.88. The minimum Gasteiger partial charge on any atom is -0.481 e. The summed E-state index contributed by atoms with van der Waals surface area (Å²) in [7, 11) is 0. The number of rotatable bonds is 7. The first-order valence-corrected chi connectivity index (χ1v) is 6.50. The van der Waals surface area contributed by atoms with Crippen LogP contribution in [-0.4, -0.2) is 24.2 Å². The van der Waals surface area contributed by atoms with Gasteiger partial charge in [0.1, 0.15) is 0 Å². The normalized spacial score (nSPS) is 12.4. The molecule has 0 saturated heterocycles. The van der Waals surface area contributed by atoms with Crippen molar-refractivity contribution < 1.29 is 9.90 Å². The zero-order valence-corrected chi connectivity index (χ0v) is 11.5. The Morgan fingerprint density at radius 2 is 2.06 bits per heavy atom. The van der Waals surface area contributed by atoms with Crippen molar-refractivity contribution in [3.05, 3.63) is 34.9 Å². The second kappa shape index (κ2) is 7.17. The van der Waals surface area contributed by atoms with Crippen LogP contribution in [0, 0.1) is 19.8 Å². The lowest BCUT2D eigenvalue weighted by Gasteiger charge is -2.09. The molecule has 1 aromatic carbocycles. The molecular formula is C15H23NO2. The maximum Gasteiger partial charge on any atom is 0.306 e. The highest BCUT2D eigenvalue weighted by atomic mass is 16.4. The third-order valence-corrected chi connectivity index (χ3v) is 3.25. The van der Waals surface area contributed by atoms with E-state index in [0.717, 1.165) is 19.5 Å². The molecule has 0 aliphatic carbocycles. The van der Waals surface area contributed by atoms with Crippen molar-refractivity contribution in [1.29, 1.82) is 0 Å². The standard InChI is InChI=1S/C15H23NO2/c1-11-4-5-12(2)14(10-11)7-9-16-8-6-13(3)15(17)18/h4-5,10,13,16H,6-9H2,1-3H3,(H,17,18). The van der Waals surface area contributed by atoms with Crippen LogP contribution in [0.15, 0.2) is 18.2 Å². The molecule has 0 fully saturated rings. The molecule has 0 bridgehead atoms. The summed E-state index contributed by atoms with van der Waals surface area (Å²) in [5.74, 6) is -0.982. The van der Waals surface area contributed by atoms with Crippen LogP contribution >= 0.6 is 0 Å². The van der Waals surface area contributed by atoms with E-state index in [1.807, 2.05) is 0 Å². The fraction of sp³-hybridized carbons (Fsp3) is 0.533. The van der Waals surface area contributed by atoms with Gasteiger partial charge < -0.3 is 10.4 Å². The fourth-order valence-corrected chi connectivity index (χ4v) is 1.86. The van der Waals surface area contributed by atoms with Crippen LogP contribution in [0.3, 0.4) is 0 Å². The lowest BCUT2D eigenvalue weighted by Crippen LogP contribution is -2.22. The topological polar surface area (TPSA) is 49.3 Å². The minimum absolute atomic E-state index is 0.266. The smallest absolute Gasteiger partial charge is 0.306 e. The zero-order chi connectivity index (χ0) is 13.5. The maximum atomic E-state index is 10.6. The Morgan fingerprint density at radius 1 is 1.33 bits per heavy atom. The number of benzene rings is 1. The molecule has 0 aliphatic heterocycles. The van der Waals surface area contributed by atoms with Crippen molar-refractivity contribution >= 4 is 5.97 Å². The molecule has 1 unspecified atom stereocenters. The number of carboxylic acids is 1. The number of carboxylic acid groups (broad SMARTS) is 1. The number of carbonyl (C=O) groups is 1. The van der Waals surface area contributed by atoms with Gasteiger partial charge in [0.2, 0.25) is 0 Å². The number of aliphatic carboxylic acids is 1. The Hall–Kier alpha value is -1.35. The minimum atomic E-state index is -0.716. The molecule has 1 aromatic rings. The molecular weight excluding hydrogens is 226 g/mol. The lowest BCUT2D eigenvalue weighted by molar-refractivity contribution is -0.141. The summed E-state index contributed by atoms with van der Waals surface area (Å²) in [6.07, 6.45) is 1.68. The van der Waals surface area contributed by atoms with Crippen LogP contribution in [0.1, 0.15) is 30.0 Å². The maximum absolute atomic E-state index is 10.6. The monoisotopic (exact) mass is 249 g/mol. The van der Waals surface area contributed by atoms with Gasteiger partial charge in [-0.15, -0.1) is 0 Å². The molecule has 100 valence electrons. The summed E-state index contributed by atoms with van der Waals surface area (Å²) in [5, 5.41) is 12.1. The summed E-state index contributed by atoms with van der Waals surface area (Å²) in [6.45, 7) is 7.63. The molecule has 0 heterocycles. The van der Waals surface area contributed by atoms with E-state index in [1.54, 1.807) is 6.92 Å². The summed E-state index contributed by atoms with van der Waals surface area (Å²) in [6, 6.07) is 6.49. The molecule has 18 heavy (non-hydrogen) atoms. The average Bonchev–Trinajstić information content (AvgIpc) is 2.32. The van der Waals surface area contributed by atoms with Gasteiger partial charge in [-0.3, -0.25) is 4.79 Å². The van der Waals surface area contributed by atoms with Crippen molar-refractivity contribution in [2.75, 3.05) is 13.1 Å². The van der Waals surface area contributed by atoms with Gasteiger partial charge >= 0.3 is 5.97 Å². The van der Waals surface area contributed by atoms with E-state index < -0.39 is 5.97 Å². The molecule has 1 atom stereocenters. The predicted octanol–water partition coefficient (Wildman–Crippen LogP) is 2.55. The first-order chi connectivity index (χ1) is 8.50. The Morgan fingerprint density at radius 3 is 2.72 bits per heavy atom. The van der Waals surface area contributed by atoms with E-state index in [1.165, 1.54) is 16.7 Å². The highest BCUT2D eigenvalue weighted by molar-refractivity contribution is 5.69. The molecule has 0 saturated carbocycles. The van der Waals surface area contributed by atoms with E-state index in [0.29, 0.717) is 6.42 Å². The summed E-state index contributed by atoms with van der Waals surface area (Å²) >= 11 is 0. The van der Waals surface area contributed by atoms with Crippen molar-refractivity contribution in [2.45, 2.75) is 33.6 Å². The van der Waals surface area contributed by atoms with Crippen molar-refractivity contribution in [3.8, 4) is 0 Å². The Bertz CT molecular complexity index is 401. The van der Waals surface area contributed by atoms with Crippen LogP contribution in [0.4, 0.5) is 0 Å². The first kappa shape index (κ1) is 14.7. The van der Waals surface area contributed by atoms with Crippen molar-refractivity contribution in [3.63, 3.8) is 0 Å². The number of hydrogen-bond donors (Lipinski definition) is 2. The molecule has 0 amide bonds. The van der Waals surface area contributed by atoms with Crippen LogP contribution in [-0.2, 0) is 11.2 Å². The van der Waals surface area contributed by atoms with Crippen LogP contribution in [0.5, 0.6) is 0 Å². The average molecular weight is 249 g/mol. The second-order valence-electron chi connectivity index (χ2n) is 4.96. The van der Waals surface area contributed by atoms with Gasteiger partial charge in [0, 0.05) is 0 Å². The third-order valence-electron chi connectivity index (χ3n) is 3.25. The first-order valence-electron chi connectivity index (χ1n) is 6.50. The summed E-state index contributed by atoms with van der Waals surface area (Å²) < 4.78 is 0. The zero-order valence-electron chi connectivity index (χ0n) is 11.5. The molecule has 0 aliphatic rings. The van der Waals surface area contributed by atoms with E-state index >= 15 is 0 Å². The van der Waals surface area contributed by atoms with Gasteiger partial charge in [-0.1, -0.05) is 30.7 Å². The van der Waals surface area contributed by atoms with E-state index in [4.69, 9.17) is 5.11 Å². The van der Waals surface area contributed by atoms with Gasteiger partial charge in [-0.25, -0.2) is 0 Å². The molecule has 2 N–H and O–H groups in total. The van der Waals surface area contributed by atoms with Crippen LogP contribution in [0.25, 0.3) is 0 Å². The molecule has 0 aromatic heterocycles. The molecule has 3 nitrogen and oxygen atoms in total. The Labute approximate surface area is 109 Å². The van der Waals surface area contributed by atoms with E-state index in [-0.39, 0.29) is 5.92 Å². The van der Waals surface area contributed by atoms with Crippen molar-refractivity contribution in [1.82, 2.24) is 5.32 Å². The van der Waals surface area contributed by atoms with Gasteiger partial charge in [0.05, 0.1) is 5.92 Å². The highest BCUT2D eigenvalue weighted by Gasteiger charge is 2.09. The fourth-order valence-electron chi connectivity index (χ4n) is 1.86. The number of hydrogen-bond acceptors (Lipinski definition) is 2. The second-order valence-corrected chi connectivity index (χ2v) is 4.96. The van der Waals surface area contributed by atoms with Crippen LogP contribution < -0.4 is 5.32 Å². The number of aryl methyl sites for hydroxylation is 2. The molecule has 0 radical (unpaired) electrons. The predicted molar refractivity (Wildman–Crippen MR) is 73.9 cm³/mol. The summed E-state index contributed by atoms with van der Waals surface area (Å²) in [5.41, 5.74) is 3.98. The van der Waals surface area contributed by atoms with Crippen molar-refractivity contribution in [2.24, 2.45) is 5.92 Å². The quantitative estimate of drug-likeness (QED) is 0.730. The Balaban J connectivity index is 2.26. The van der Waals surface area contributed by atoms with Gasteiger partial charge in [0.15, 0.2) is 0 Å². The SMILES string of the molecule is Cc1ccc(C)c(CCNCCC(C)C(=O)O)c1. The summed E-state index contributed by atoms with van der Waals surface area (Å²) in [4.78, 5) is 10.6. The van der Waals surface area contributed by atoms with E-state index in [2.05, 4.69) is 37.4 Å². The van der Waals surface area contributed by atoms with E-state index in [9.17, 15) is 4.79 Å². The Kier molecular flexibility index (Phi) is 5.86. The van der Waals surface area contributed by atoms with Crippen LogP contribution in [0.2, 0.25) is 0 Å². The van der Waals surface area contributed by atoms with Gasteiger partial charge in [-0.2, -0.15) is 0 Å². The molecule has 1 rings (SSSR count). The molecule has 3 heteroatoms.